The van der Waals surface area contributed by atoms with E-state index >= 15 is 0 Å². The third kappa shape index (κ3) is 11.1. The van der Waals surface area contributed by atoms with E-state index in [1.54, 1.807) is 6.92 Å². The van der Waals surface area contributed by atoms with Crippen molar-refractivity contribution in [2.24, 2.45) is 16.2 Å². The number of halogens is 6. The average Bonchev–Trinajstić information content (AvgIpc) is 3.11. The molecule has 1 unspecified atom stereocenters. The van der Waals surface area contributed by atoms with Crippen molar-refractivity contribution >= 4 is 31.7 Å². The van der Waals surface area contributed by atoms with Gasteiger partial charge in [0.05, 0.1) is 38.1 Å². The van der Waals surface area contributed by atoms with E-state index in [1.165, 1.54) is 62.8 Å². The molecule has 0 heterocycles. The molecule has 0 fully saturated rings. The van der Waals surface area contributed by atoms with Gasteiger partial charge in [0.25, 0.3) is 0 Å². The topological polar surface area (TPSA) is 148 Å². The highest BCUT2D eigenvalue weighted by molar-refractivity contribution is 7.90. The van der Waals surface area contributed by atoms with Crippen LogP contribution in [0.1, 0.15) is 30.9 Å². The molecule has 0 aliphatic heterocycles. The average molecular weight is 807 g/mol. The Morgan fingerprint density at radius 2 is 1.09 bits per heavy atom. The van der Waals surface area contributed by atoms with E-state index in [2.05, 4.69) is 18.9 Å². The van der Waals surface area contributed by atoms with Crippen molar-refractivity contribution in [3.8, 4) is 17.2 Å². The van der Waals surface area contributed by atoms with Crippen molar-refractivity contribution in [3.05, 3.63) is 107 Å². The summed E-state index contributed by atoms with van der Waals surface area (Å²) in [6.45, 7) is 1.59. The highest BCUT2D eigenvalue weighted by Gasteiger charge is 2.40. The zero-order valence-corrected chi connectivity index (χ0v) is 30.2. The molecule has 0 amide bonds. The molecule has 3 aromatic rings. The second kappa shape index (κ2) is 17.3. The molecule has 292 valence electrons. The van der Waals surface area contributed by atoms with Crippen LogP contribution in [0.25, 0.3) is 0 Å². The number of ether oxygens (including phenoxy) is 4. The first-order chi connectivity index (χ1) is 25.3. The Morgan fingerprint density at radius 1 is 0.648 bits per heavy atom. The fraction of sp³-hybridized carbons (Fsp3) is 0.294. The lowest BCUT2D eigenvalue weighted by molar-refractivity contribution is -0.0606. The number of hydrogen-bond donors (Lipinski definition) is 0. The van der Waals surface area contributed by atoms with Gasteiger partial charge in [-0.05, 0) is 84.9 Å². The van der Waals surface area contributed by atoms with Crippen LogP contribution in [0.5, 0.6) is 17.2 Å². The molecule has 54 heavy (non-hydrogen) atoms. The molecule has 0 spiro atoms. The Labute approximate surface area is 306 Å². The molecular formula is C34H32F6N2O10S2. The SMILES string of the molecule is COC1=CC=C(S(=O)(=O)O/N=C(/c2ccc(OCCCOc3ccc(/C(=N/OS(=O)(=O)c4ccc(OC)cc4)C(F)(F)F)cc3)cc2)C(F)(F)F)C(C)C1. The number of rotatable bonds is 16. The fourth-order valence-corrected chi connectivity index (χ4v) is 6.48. The molecule has 1 atom stereocenters. The van der Waals surface area contributed by atoms with Crippen LogP contribution in [0.2, 0.25) is 0 Å². The van der Waals surface area contributed by atoms with Crippen LogP contribution in [0, 0.1) is 5.92 Å². The van der Waals surface area contributed by atoms with Crippen LogP contribution < -0.4 is 14.2 Å². The maximum absolute atomic E-state index is 13.8. The quantitative estimate of drug-likeness (QED) is 0.0626. The smallest absolute Gasteiger partial charge is 0.437 e. The molecule has 0 saturated carbocycles. The predicted octanol–water partition coefficient (Wildman–Crippen LogP) is 7.28. The van der Waals surface area contributed by atoms with Crippen molar-refractivity contribution < 1.29 is 70.7 Å². The third-order valence-corrected chi connectivity index (χ3v) is 9.90. The number of allylic oxidation sites excluding steroid dienone is 4. The van der Waals surface area contributed by atoms with Crippen molar-refractivity contribution in [1.29, 1.82) is 0 Å². The molecule has 0 aromatic heterocycles. The van der Waals surface area contributed by atoms with E-state index < -0.39 is 66.0 Å². The van der Waals surface area contributed by atoms with Gasteiger partial charge in [0, 0.05) is 29.9 Å². The lowest BCUT2D eigenvalue weighted by atomic mass is 10.0. The normalized spacial score (nSPS) is 15.8. The summed E-state index contributed by atoms with van der Waals surface area (Å²) in [5, 5.41) is 5.84. The minimum atomic E-state index is -5.08. The molecule has 20 heteroatoms. The van der Waals surface area contributed by atoms with Gasteiger partial charge >= 0.3 is 32.6 Å². The van der Waals surface area contributed by atoms with Gasteiger partial charge in [-0.25, -0.2) is 0 Å². The summed E-state index contributed by atoms with van der Waals surface area (Å²) in [6.07, 6.45) is -7.15. The summed E-state index contributed by atoms with van der Waals surface area (Å²) < 4.78 is 162. The Bertz CT molecular complexity index is 2100. The lowest BCUT2D eigenvalue weighted by Gasteiger charge is -2.19. The Hall–Kier alpha value is -5.24. The molecule has 12 nitrogen and oxygen atoms in total. The molecule has 1 aliphatic rings. The molecule has 0 bridgehead atoms. The highest BCUT2D eigenvalue weighted by atomic mass is 32.2. The van der Waals surface area contributed by atoms with Crippen molar-refractivity contribution in [1.82, 2.24) is 0 Å². The maximum Gasteiger partial charge on any atom is 0.437 e. The summed E-state index contributed by atoms with van der Waals surface area (Å²) in [5.41, 5.74) is -4.20. The Balaban J connectivity index is 1.31. The number of hydrogen-bond acceptors (Lipinski definition) is 12. The van der Waals surface area contributed by atoms with Gasteiger partial charge in [0.15, 0.2) is 11.4 Å². The van der Waals surface area contributed by atoms with Crippen LogP contribution in [-0.4, -0.2) is 68.0 Å². The number of methoxy groups -OCH3 is 2. The van der Waals surface area contributed by atoms with Crippen LogP contribution in [0.4, 0.5) is 26.3 Å². The number of oxime groups is 2. The van der Waals surface area contributed by atoms with Gasteiger partial charge in [0.2, 0.25) is 0 Å². The van der Waals surface area contributed by atoms with Gasteiger partial charge in [-0.15, -0.1) is 0 Å². The lowest BCUT2D eigenvalue weighted by Crippen LogP contribution is -2.25. The number of benzene rings is 3. The second-order valence-corrected chi connectivity index (χ2v) is 14.3. The summed E-state index contributed by atoms with van der Waals surface area (Å²) in [5.74, 6) is 0.503. The zero-order chi connectivity index (χ0) is 39.7. The van der Waals surface area contributed by atoms with Crippen LogP contribution in [0.3, 0.4) is 0 Å². The first-order valence-electron chi connectivity index (χ1n) is 15.6. The predicted molar refractivity (Wildman–Crippen MR) is 182 cm³/mol. The molecule has 3 aromatic carbocycles. The van der Waals surface area contributed by atoms with Gasteiger partial charge < -0.3 is 18.9 Å². The molecular weight excluding hydrogens is 775 g/mol. The first-order valence-corrected chi connectivity index (χ1v) is 18.4. The van der Waals surface area contributed by atoms with Crippen LogP contribution in [-0.2, 0) is 33.5 Å². The highest BCUT2D eigenvalue weighted by Crippen LogP contribution is 2.31. The van der Waals surface area contributed by atoms with Crippen LogP contribution in [0.15, 0.2) is 111 Å². The largest absolute Gasteiger partial charge is 0.501 e. The Morgan fingerprint density at radius 3 is 1.50 bits per heavy atom. The van der Waals surface area contributed by atoms with Crippen molar-refractivity contribution in [2.45, 2.75) is 37.0 Å². The third-order valence-electron chi connectivity index (χ3n) is 7.40. The molecule has 0 radical (unpaired) electrons. The summed E-state index contributed by atoms with van der Waals surface area (Å²) in [6, 6.07) is 13.6. The van der Waals surface area contributed by atoms with E-state index in [-0.39, 0.29) is 42.5 Å². The summed E-state index contributed by atoms with van der Waals surface area (Å²) in [4.78, 5) is -0.701. The molecule has 0 N–H and O–H groups in total. The van der Waals surface area contributed by atoms with Gasteiger partial charge in [-0.2, -0.15) is 43.2 Å². The fourth-order valence-electron chi connectivity index (χ4n) is 4.69. The number of nitrogens with zero attached hydrogens (tertiary/aromatic N) is 2. The molecule has 1 aliphatic carbocycles. The number of alkyl halides is 6. The second-order valence-electron chi connectivity index (χ2n) is 11.2. The zero-order valence-electron chi connectivity index (χ0n) is 28.5. The van der Waals surface area contributed by atoms with Gasteiger partial charge in [-0.3, -0.25) is 8.57 Å². The monoisotopic (exact) mass is 806 g/mol. The van der Waals surface area contributed by atoms with Gasteiger partial charge in [-0.1, -0.05) is 17.2 Å². The minimum Gasteiger partial charge on any atom is -0.501 e. The van der Waals surface area contributed by atoms with Gasteiger partial charge in [0.1, 0.15) is 22.1 Å². The van der Waals surface area contributed by atoms with E-state index in [9.17, 15) is 43.2 Å². The Kier molecular flexibility index (Phi) is 13.3. The summed E-state index contributed by atoms with van der Waals surface area (Å²) in [7, 11) is -6.58. The van der Waals surface area contributed by atoms with E-state index in [1.807, 2.05) is 0 Å². The standard InChI is InChI=1S/C34H32F6N2O10S2/c1-22-21-28(48-3)15-18-30(22)54(45,46)52-42-32(34(38,39)40)24-7-11-27(12-8-24)50-20-4-19-49-26-9-5-23(6-10-26)31(33(35,36)37)41-51-53(43,44)29-16-13-25(47-2)14-17-29/h5-18,22H,4,19-21H2,1-3H3/b41-31-,42-32-. The first kappa shape index (κ1) is 41.5. The van der Waals surface area contributed by atoms with Crippen LogP contribution >= 0.6 is 0 Å². The molecule has 0 saturated heterocycles. The maximum atomic E-state index is 13.8. The van der Waals surface area contributed by atoms with E-state index in [0.717, 1.165) is 36.4 Å². The van der Waals surface area contributed by atoms with E-state index in [0.29, 0.717) is 11.5 Å². The molecule has 4 rings (SSSR count). The van der Waals surface area contributed by atoms with Crippen molar-refractivity contribution in [2.75, 3.05) is 27.4 Å². The van der Waals surface area contributed by atoms with E-state index in [4.69, 9.17) is 18.9 Å². The summed E-state index contributed by atoms with van der Waals surface area (Å²) >= 11 is 0. The minimum absolute atomic E-state index is 0.0230. The van der Waals surface area contributed by atoms with Crippen molar-refractivity contribution in [3.63, 3.8) is 0 Å².